The highest BCUT2D eigenvalue weighted by Crippen LogP contribution is 2.25. The Labute approximate surface area is 125 Å². The van der Waals surface area contributed by atoms with Crippen molar-refractivity contribution in [3.63, 3.8) is 0 Å². The van der Waals surface area contributed by atoms with Gasteiger partial charge < -0.3 is 14.7 Å². The molecular weight excluding hydrogens is 294 g/mol. The van der Waals surface area contributed by atoms with Crippen LogP contribution in [0.4, 0.5) is 4.79 Å². The fourth-order valence-electron chi connectivity index (χ4n) is 1.73. The van der Waals surface area contributed by atoms with Gasteiger partial charge in [0.15, 0.2) is 11.0 Å². The van der Waals surface area contributed by atoms with Crippen molar-refractivity contribution in [2.45, 2.75) is 18.5 Å². The van der Waals surface area contributed by atoms with Crippen LogP contribution in [0.2, 0.25) is 0 Å². The number of nitrogens with two attached hydrogens (primary N) is 1. The van der Waals surface area contributed by atoms with Gasteiger partial charge in [-0.05, 0) is 13.0 Å². The lowest BCUT2D eigenvalue weighted by molar-refractivity contribution is -0.119. The minimum absolute atomic E-state index is 0.167. The van der Waals surface area contributed by atoms with Gasteiger partial charge in [0.2, 0.25) is 5.91 Å². The van der Waals surface area contributed by atoms with Crippen LogP contribution in [0.1, 0.15) is 12.2 Å². The van der Waals surface area contributed by atoms with E-state index in [0.29, 0.717) is 16.7 Å². The number of hydrogen-bond donors (Lipinski definition) is 2. The molecule has 3 N–H and O–H groups in total. The van der Waals surface area contributed by atoms with Crippen molar-refractivity contribution in [2.24, 2.45) is 12.8 Å². The molecule has 0 unspecified atom stereocenters. The van der Waals surface area contributed by atoms with E-state index in [1.807, 2.05) is 29.9 Å². The SMILES string of the molecule is Cc1occc1-c1nnc(SCCC(=O)NC(N)=O)n1C. The lowest BCUT2D eigenvalue weighted by atomic mass is 10.2. The zero-order chi connectivity index (χ0) is 15.4. The van der Waals surface area contributed by atoms with E-state index < -0.39 is 11.9 Å². The summed E-state index contributed by atoms with van der Waals surface area (Å²) in [5, 5.41) is 10.9. The smallest absolute Gasteiger partial charge is 0.318 e. The summed E-state index contributed by atoms with van der Waals surface area (Å²) >= 11 is 1.37. The van der Waals surface area contributed by atoms with Crippen molar-refractivity contribution in [1.82, 2.24) is 20.1 Å². The van der Waals surface area contributed by atoms with E-state index in [-0.39, 0.29) is 6.42 Å². The van der Waals surface area contributed by atoms with Crippen LogP contribution in [0.3, 0.4) is 0 Å². The maximum Gasteiger partial charge on any atom is 0.318 e. The molecule has 9 heteroatoms. The molecule has 0 aliphatic carbocycles. The van der Waals surface area contributed by atoms with Crippen LogP contribution >= 0.6 is 11.8 Å². The summed E-state index contributed by atoms with van der Waals surface area (Å²) in [4.78, 5) is 21.8. The number of furan rings is 1. The third-order valence-electron chi connectivity index (χ3n) is 2.76. The zero-order valence-corrected chi connectivity index (χ0v) is 12.4. The molecule has 2 rings (SSSR count). The summed E-state index contributed by atoms with van der Waals surface area (Å²) in [7, 11) is 1.84. The number of aryl methyl sites for hydroxylation is 1. The number of rotatable bonds is 5. The van der Waals surface area contributed by atoms with E-state index in [1.165, 1.54) is 11.8 Å². The van der Waals surface area contributed by atoms with Crippen LogP contribution < -0.4 is 11.1 Å². The van der Waals surface area contributed by atoms with Crippen molar-refractivity contribution >= 4 is 23.7 Å². The molecule has 2 heterocycles. The highest BCUT2D eigenvalue weighted by Gasteiger charge is 2.15. The largest absolute Gasteiger partial charge is 0.469 e. The summed E-state index contributed by atoms with van der Waals surface area (Å²) < 4.78 is 7.08. The van der Waals surface area contributed by atoms with E-state index in [0.717, 1.165) is 11.3 Å². The van der Waals surface area contributed by atoms with Crippen LogP contribution in [-0.2, 0) is 11.8 Å². The number of aromatic nitrogens is 3. The molecule has 0 spiro atoms. The number of thioether (sulfide) groups is 1. The monoisotopic (exact) mass is 309 g/mol. The molecule has 0 bridgehead atoms. The average Bonchev–Trinajstić information content (AvgIpc) is 2.96. The number of hydrogen-bond acceptors (Lipinski definition) is 6. The summed E-state index contributed by atoms with van der Waals surface area (Å²) in [6, 6.07) is 0.982. The summed E-state index contributed by atoms with van der Waals surface area (Å²) in [5.41, 5.74) is 5.74. The highest BCUT2D eigenvalue weighted by molar-refractivity contribution is 7.99. The van der Waals surface area contributed by atoms with Crippen LogP contribution in [0.15, 0.2) is 21.9 Å². The van der Waals surface area contributed by atoms with Gasteiger partial charge in [0.05, 0.1) is 11.8 Å². The topological polar surface area (TPSA) is 116 Å². The van der Waals surface area contributed by atoms with E-state index in [1.54, 1.807) is 6.26 Å². The quantitative estimate of drug-likeness (QED) is 0.798. The Balaban J connectivity index is 1.97. The summed E-state index contributed by atoms with van der Waals surface area (Å²) in [6.07, 6.45) is 1.76. The third kappa shape index (κ3) is 3.63. The molecule has 2 aromatic heterocycles. The minimum Gasteiger partial charge on any atom is -0.469 e. The minimum atomic E-state index is -0.846. The number of nitrogens with one attached hydrogen (secondary N) is 1. The Hall–Kier alpha value is -2.29. The molecule has 2 aromatic rings. The van der Waals surface area contributed by atoms with E-state index >= 15 is 0 Å². The average molecular weight is 309 g/mol. The third-order valence-corrected chi connectivity index (χ3v) is 3.78. The molecule has 0 aromatic carbocycles. The Morgan fingerprint density at radius 2 is 2.24 bits per heavy atom. The van der Waals surface area contributed by atoms with Crippen molar-refractivity contribution in [2.75, 3.05) is 5.75 Å². The van der Waals surface area contributed by atoms with E-state index in [2.05, 4.69) is 10.2 Å². The second-order valence-corrected chi connectivity index (χ2v) is 5.33. The van der Waals surface area contributed by atoms with Crippen molar-refractivity contribution in [3.05, 3.63) is 18.1 Å². The van der Waals surface area contributed by atoms with Gasteiger partial charge in [-0.3, -0.25) is 10.1 Å². The van der Waals surface area contributed by atoms with Gasteiger partial charge in [-0.2, -0.15) is 0 Å². The first-order valence-corrected chi connectivity index (χ1v) is 7.13. The summed E-state index contributed by atoms with van der Waals surface area (Å²) in [5.74, 6) is 1.52. The van der Waals surface area contributed by atoms with Crippen LogP contribution in [-0.4, -0.2) is 32.5 Å². The first kappa shape index (κ1) is 15.1. The molecule has 0 atom stereocenters. The van der Waals surface area contributed by atoms with Gasteiger partial charge in [-0.25, -0.2) is 4.79 Å². The molecule has 0 saturated heterocycles. The summed E-state index contributed by atoms with van der Waals surface area (Å²) in [6.45, 7) is 1.85. The number of carbonyl (C=O) groups is 2. The van der Waals surface area contributed by atoms with Crippen molar-refractivity contribution in [1.29, 1.82) is 0 Å². The fourth-order valence-corrected chi connectivity index (χ4v) is 2.58. The van der Waals surface area contributed by atoms with E-state index in [9.17, 15) is 9.59 Å². The van der Waals surface area contributed by atoms with Gasteiger partial charge in [0.25, 0.3) is 0 Å². The Bertz CT molecular complexity index is 664. The molecule has 0 saturated carbocycles. The van der Waals surface area contributed by atoms with Gasteiger partial charge in [0, 0.05) is 19.2 Å². The Morgan fingerprint density at radius 1 is 1.48 bits per heavy atom. The Kier molecular flexibility index (Phi) is 4.63. The second kappa shape index (κ2) is 6.44. The molecule has 0 aliphatic rings. The number of urea groups is 1. The molecule has 0 aliphatic heterocycles. The Morgan fingerprint density at radius 3 is 2.86 bits per heavy atom. The van der Waals surface area contributed by atoms with Crippen LogP contribution in [0, 0.1) is 6.92 Å². The molecule has 0 radical (unpaired) electrons. The zero-order valence-electron chi connectivity index (χ0n) is 11.6. The predicted molar refractivity (Wildman–Crippen MR) is 76.5 cm³/mol. The van der Waals surface area contributed by atoms with E-state index in [4.69, 9.17) is 10.2 Å². The number of carbonyl (C=O) groups excluding carboxylic acids is 2. The second-order valence-electron chi connectivity index (χ2n) is 4.27. The van der Waals surface area contributed by atoms with Gasteiger partial charge in [-0.1, -0.05) is 11.8 Å². The van der Waals surface area contributed by atoms with Gasteiger partial charge in [-0.15, -0.1) is 10.2 Å². The first-order valence-electron chi connectivity index (χ1n) is 6.15. The molecule has 3 amide bonds. The van der Waals surface area contributed by atoms with Gasteiger partial charge >= 0.3 is 6.03 Å². The van der Waals surface area contributed by atoms with Crippen molar-refractivity contribution in [3.8, 4) is 11.4 Å². The highest BCUT2D eigenvalue weighted by atomic mass is 32.2. The molecule has 112 valence electrons. The lowest BCUT2D eigenvalue weighted by Gasteiger charge is -2.03. The van der Waals surface area contributed by atoms with Crippen LogP contribution in [0.5, 0.6) is 0 Å². The first-order chi connectivity index (χ1) is 9.99. The maximum atomic E-state index is 11.3. The number of nitrogens with zero attached hydrogens (tertiary/aromatic N) is 3. The maximum absolute atomic E-state index is 11.3. The molecule has 8 nitrogen and oxygen atoms in total. The molecular formula is C12H15N5O3S. The van der Waals surface area contributed by atoms with Gasteiger partial charge in [0.1, 0.15) is 5.76 Å². The predicted octanol–water partition coefficient (Wildman–Crippen LogP) is 1.06. The number of amides is 3. The lowest BCUT2D eigenvalue weighted by Crippen LogP contribution is -2.35. The standard InChI is InChI=1S/C12H15N5O3S/c1-7-8(3-5-20-7)10-15-16-12(17(10)2)21-6-4-9(18)14-11(13)19/h3,5H,4,6H2,1-2H3,(H3,13,14,18,19). The van der Waals surface area contributed by atoms with Crippen molar-refractivity contribution < 1.29 is 14.0 Å². The van der Waals surface area contributed by atoms with Crippen LogP contribution in [0.25, 0.3) is 11.4 Å². The normalized spacial score (nSPS) is 10.6. The number of imide groups is 1. The molecule has 0 fully saturated rings. The fraction of sp³-hybridized carbons (Fsp3) is 0.333. The molecule has 21 heavy (non-hydrogen) atoms. The number of primary amides is 1.